The third-order valence-electron chi connectivity index (χ3n) is 3.44. The van der Waals surface area contributed by atoms with Crippen LogP contribution in [0, 0.1) is 5.92 Å². The number of rotatable bonds is 5. The Labute approximate surface area is 119 Å². The Kier molecular flexibility index (Phi) is 4.91. The Morgan fingerprint density at radius 2 is 2.10 bits per heavy atom. The van der Waals surface area contributed by atoms with Gasteiger partial charge in [-0.05, 0) is 32.9 Å². The van der Waals surface area contributed by atoms with Crippen molar-refractivity contribution in [2.75, 3.05) is 37.5 Å². The number of nitrogens with two attached hydrogens (primary N) is 1. The molecule has 0 spiro atoms. The third-order valence-corrected chi connectivity index (χ3v) is 3.44. The molecule has 1 aromatic rings. The molecule has 2 heterocycles. The molecule has 1 aliphatic rings. The molecule has 2 unspecified atom stereocenters. The maximum Gasteiger partial charge on any atom is 0.323 e. The quantitative estimate of drug-likeness (QED) is 0.523. The number of aromatic nitrogens is 3. The summed E-state index contributed by atoms with van der Waals surface area (Å²) in [6, 6.07) is 0.618. The number of ether oxygens (including phenoxy) is 1. The molecule has 8 nitrogen and oxygen atoms in total. The predicted molar refractivity (Wildman–Crippen MR) is 77.5 cm³/mol. The van der Waals surface area contributed by atoms with Crippen LogP contribution in [0.15, 0.2) is 0 Å². The molecule has 0 radical (unpaired) electrons. The van der Waals surface area contributed by atoms with Gasteiger partial charge in [-0.2, -0.15) is 15.0 Å². The predicted octanol–water partition coefficient (Wildman–Crippen LogP) is 0.308. The van der Waals surface area contributed by atoms with Crippen LogP contribution in [0.4, 0.5) is 11.9 Å². The summed E-state index contributed by atoms with van der Waals surface area (Å²) in [7, 11) is 2.14. The SMILES string of the molecule is CCOc1nc(NN)nc(NC2CCN(C)CC2C)n1. The summed E-state index contributed by atoms with van der Waals surface area (Å²) in [5.41, 5.74) is 2.43. The highest BCUT2D eigenvalue weighted by Crippen LogP contribution is 2.20. The van der Waals surface area contributed by atoms with Crippen molar-refractivity contribution >= 4 is 11.9 Å². The smallest absolute Gasteiger partial charge is 0.323 e. The van der Waals surface area contributed by atoms with Crippen molar-refractivity contribution in [2.45, 2.75) is 26.3 Å². The highest BCUT2D eigenvalue weighted by Gasteiger charge is 2.25. The van der Waals surface area contributed by atoms with E-state index in [4.69, 9.17) is 10.6 Å². The van der Waals surface area contributed by atoms with E-state index in [1.807, 2.05) is 6.92 Å². The molecule has 0 aromatic carbocycles. The number of hydrogen-bond donors (Lipinski definition) is 3. The molecule has 20 heavy (non-hydrogen) atoms. The number of hydrogen-bond acceptors (Lipinski definition) is 8. The normalized spacial score (nSPS) is 23.4. The molecule has 1 aromatic heterocycles. The highest BCUT2D eigenvalue weighted by molar-refractivity contribution is 5.36. The van der Waals surface area contributed by atoms with E-state index in [9.17, 15) is 0 Å². The summed E-state index contributed by atoms with van der Waals surface area (Å²) in [6.07, 6.45) is 1.05. The van der Waals surface area contributed by atoms with Crippen LogP contribution in [0.1, 0.15) is 20.3 Å². The molecule has 112 valence electrons. The Balaban J connectivity index is 2.09. The second kappa shape index (κ2) is 6.67. The van der Waals surface area contributed by atoms with Crippen molar-refractivity contribution in [1.82, 2.24) is 19.9 Å². The van der Waals surface area contributed by atoms with Gasteiger partial charge < -0.3 is 15.0 Å². The van der Waals surface area contributed by atoms with Gasteiger partial charge in [0.2, 0.25) is 11.9 Å². The van der Waals surface area contributed by atoms with Crippen LogP contribution in [0.3, 0.4) is 0 Å². The van der Waals surface area contributed by atoms with Gasteiger partial charge >= 0.3 is 6.01 Å². The topological polar surface area (TPSA) is 101 Å². The molecule has 0 amide bonds. The van der Waals surface area contributed by atoms with Crippen LogP contribution in [-0.2, 0) is 0 Å². The number of likely N-dealkylation sites (tertiary alicyclic amines) is 1. The van der Waals surface area contributed by atoms with Crippen molar-refractivity contribution in [3.63, 3.8) is 0 Å². The number of anilines is 2. The van der Waals surface area contributed by atoms with E-state index in [2.05, 4.69) is 44.6 Å². The van der Waals surface area contributed by atoms with Gasteiger partial charge in [0, 0.05) is 12.6 Å². The molecule has 2 atom stereocenters. The maximum absolute atomic E-state index is 5.37. The Morgan fingerprint density at radius 1 is 1.35 bits per heavy atom. The fraction of sp³-hybridized carbons (Fsp3) is 0.750. The van der Waals surface area contributed by atoms with E-state index in [1.54, 1.807) is 0 Å². The maximum atomic E-state index is 5.37. The van der Waals surface area contributed by atoms with Crippen LogP contribution in [0.2, 0.25) is 0 Å². The molecular formula is C12H23N7O. The highest BCUT2D eigenvalue weighted by atomic mass is 16.5. The summed E-state index contributed by atoms with van der Waals surface area (Å²) in [4.78, 5) is 14.8. The minimum atomic E-state index is 0.276. The van der Waals surface area contributed by atoms with E-state index < -0.39 is 0 Å². The molecule has 0 bridgehead atoms. The number of nitrogens with zero attached hydrogens (tertiary/aromatic N) is 4. The summed E-state index contributed by atoms with van der Waals surface area (Å²) >= 11 is 0. The summed E-state index contributed by atoms with van der Waals surface area (Å²) in [5, 5.41) is 3.36. The summed E-state index contributed by atoms with van der Waals surface area (Å²) < 4.78 is 5.32. The van der Waals surface area contributed by atoms with Gasteiger partial charge in [-0.15, -0.1) is 0 Å². The Morgan fingerprint density at radius 3 is 2.75 bits per heavy atom. The monoisotopic (exact) mass is 281 g/mol. The lowest BCUT2D eigenvalue weighted by Crippen LogP contribution is -2.43. The third kappa shape index (κ3) is 3.67. The van der Waals surface area contributed by atoms with Gasteiger partial charge in [-0.1, -0.05) is 6.92 Å². The first-order valence-corrected chi connectivity index (χ1v) is 6.93. The first-order valence-electron chi connectivity index (χ1n) is 6.93. The van der Waals surface area contributed by atoms with Gasteiger partial charge in [-0.3, -0.25) is 5.43 Å². The van der Waals surface area contributed by atoms with Crippen LogP contribution in [0.5, 0.6) is 6.01 Å². The van der Waals surface area contributed by atoms with Crippen molar-refractivity contribution < 1.29 is 4.74 Å². The van der Waals surface area contributed by atoms with Gasteiger partial charge in [0.05, 0.1) is 6.61 Å². The van der Waals surface area contributed by atoms with E-state index >= 15 is 0 Å². The Hall–Kier alpha value is -1.67. The molecule has 1 fully saturated rings. The lowest BCUT2D eigenvalue weighted by molar-refractivity contribution is 0.205. The first-order chi connectivity index (χ1) is 9.62. The zero-order valence-corrected chi connectivity index (χ0v) is 12.3. The summed E-state index contributed by atoms with van der Waals surface area (Å²) in [5.74, 6) is 6.69. The average molecular weight is 281 g/mol. The minimum absolute atomic E-state index is 0.276. The minimum Gasteiger partial charge on any atom is -0.464 e. The van der Waals surface area contributed by atoms with Crippen LogP contribution in [-0.4, -0.2) is 52.6 Å². The van der Waals surface area contributed by atoms with Crippen molar-refractivity contribution in [3.05, 3.63) is 0 Å². The zero-order chi connectivity index (χ0) is 14.5. The van der Waals surface area contributed by atoms with Crippen LogP contribution in [0.25, 0.3) is 0 Å². The fourth-order valence-electron chi connectivity index (χ4n) is 2.41. The molecule has 1 saturated heterocycles. The van der Waals surface area contributed by atoms with Gasteiger partial charge in [-0.25, -0.2) is 5.84 Å². The number of nitrogen functional groups attached to an aromatic ring is 1. The van der Waals surface area contributed by atoms with Gasteiger partial charge in [0.25, 0.3) is 0 Å². The van der Waals surface area contributed by atoms with Crippen LogP contribution >= 0.6 is 0 Å². The van der Waals surface area contributed by atoms with E-state index in [1.165, 1.54) is 0 Å². The lowest BCUT2D eigenvalue weighted by Gasteiger charge is -2.35. The number of piperidine rings is 1. The van der Waals surface area contributed by atoms with Crippen molar-refractivity contribution in [1.29, 1.82) is 0 Å². The Bertz CT molecular complexity index is 442. The molecule has 4 N–H and O–H groups in total. The van der Waals surface area contributed by atoms with E-state index in [0.29, 0.717) is 30.5 Å². The van der Waals surface area contributed by atoms with Crippen molar-refractivity contribution in [3.8, 4) is 6.01 Å². The summed E-state index contributed by atoms with van der Waals surface area (Å²) in [6.45, 7) is 6.72. The van der Waals surface area contributed by atoms with E-state index in [0.717, 1.165) is 19.5 Å². The largest absolute Gasteiger partial charge is 0.464 e. The number of nitrogens with one attached hydrogen (secondary N) is 2. The van der Waals surface area contributed by atoms with E-state index in [-0.39, 0.29) is 6.01 Å². The van der Waals surface area contributed by atoms with Crippen molar-refractivity contribution in [2.24, 2.45) is 11.8 Å². The molecule has 0 aliphatic carbocycles. The lowest BCUT2D eigenvalue weighted by atomic mass is 9.94. The molecule has 0 saturated carbocycles. The zero-order valence-electron chi connectivity index (χ0n) is 12.3. The second-order valence-corrected chi connectivity index (χ2v) is 5.12. The molecule has 2 rings (SSSR count). The van der Waals surface area contributed by atoms with Gasteiger partial charge in [0.1, 0.15) is 0 Å². The van der Waals surface area contributed by atoms with Crippen LogP contribution < -0.4 is 21.3 Å². The first kappa shape index (κ1) is 14.7. The second-order valence-electron chi connectivity index (χ2n) is 5.12. The standard InChI is InChI=1S/C12H23N7O/c1-4-20-12-16-10(15-11(17-12)18-13)14-9-5-6-19(3)7-8(9)2/h8-9H,4-7,13H2,1-3H3,(H2,14,15,16,17,18). The fourth-order valence-corrected chi connectivity index (χ4v) is 2.41. The molecule has 1 aliphatic heterocycles. The number of hydrazine groups is 1. The van der Waals surface area contributed by atoms with Gasteiger partial charge in [0.15, 0.2) is 0 Å². The average Bonchev–Trinajstić information content (AvgIpc) is 2.42. The molecular weight excluding hydrogens is 258 g/mol. The molecule has 8 heteroatoms.